The van der Waals surface area contributed by atoms with Gasteiger partial charge in [0.05, 0.1) is 16.3 Å². The molecule has 0 bridgehead atoms. The van der Waals surface area contributed by atoms with Gasteiger partial charge in [0.15, 0.2) is 5.69 Å². The van der Waals surface area contributed by atoms with Crippen molar-refractivity contribution < 1.29 is 36.2 Å². The number of amides is 1. The van der Waals surface area contributed by atoms with Gasteiger partial charge < -0.3 is 10.0 Å². The zero-order valence-corrected chi connectivity index (χ0v) is 18.6. The summed E-state index contributed by atoms with van der Waals surface area (Å²) in [5.41, 5.74) is -2.06. The molecular weight excluding hydrogens is 488 g/mol. The average Bonchev–Trinajstić information content (AvgIpc) is 3.12. The summed E-state index contributed by atoms with van der Waals surface area (Å²) < 4.78 is 78.8. The van der Waals surface area contributed by atoms with E-state index in [1.807, 2.05) is 0 Å². The van der Waals surface area contributed by atoms with Crippen molar-refractivity contribution in [2.24, 2.45) is 7.05 Å². The highest BCUT2D eigenvalue weighted by molar-refractivity contribution is 6.32. The highest BCUT2D eigenvalue weighted by Gasteiger charge is 2.35. The molecule has 2 aromatic carbocycles. The molecule has 0 atom stereocenters. The van der Waals surface area contributed by atoms with Crippen LogP contribution in [0.2, 0.25) is 5.02 Å². The zero-order chi connectivity index (χ0) is 25.4. The smallest absolute Gasteiger partial charge is 0.435 e. The van der Waals surface area contributed by atoms with Crippen LogP contribution in [0.25, 0.3) is 11.3 Å². The van der Waals surface area contributed by atoms with E-state index < -0.39 is 40.3 Å². The Morgan fingerprint density at radius 3 is 2.24 bits per heavy atom. The first kappa shape index (κ1) is 25.4. The summed E-state index contributed by atoms with van der Waals surface area (Å²) in [6.07, 6.45) is -8.88. The first-order valence-electron chi connectivity index (χ1n) is 9.87. The normalized spacial score (nSPS) is 12.1. The van der Waals surface area contributed by atoms with Gasteiger partial charge in [-0.05, 0) is 42.8 Å². The van der Waals surface area contributed by atoms with Crippen LogP contribution >= 0.6 is 11.6 Å². The maximum absolute atomic E-state index is 13.0. The van der Waals surface area contributed by atoms with Crippen LogP contribution in [0.3, 0.4) is 0 Å². The van der Waals surface area contributed by atoms with Crippen LogP contribution < -0.4 is 4.90 Å². The summed E-state index contributed by atoms with van der Waals surface area (Å²) in [6.45, 7) is 1.92. The third-order valence-corrected chi connectivity index (χ3v) is 5.27. The molecule has 0 saturated heterocycles. The summed E-state index contributed by atoms with van der Waals surface area (Å²) in [4.78, 5) is 14.3. The van der Waals surface area contributed by atoms with Crippen molar-refractivity contribution in [1.82, 2.24) is 9.78 Å². The van der Waals surface area contributed by atoms with Crippen molar-refractivity contribution in [3.05, 3.63) is 64.3 Å². The lowest BCUT2D eigenvalue weighted by atomic mass is 10.1. The number of halogens is 7. The van der Waals surface area contributed by atoms with Crippen LogP contribution in [0.1, 0.15) is 35.0 Å². The number of benzene rings is 2. The van der Waals surface area contributed by atoms with E-state index in [2.05, 4.69) is 5.10 Å². The van der Waals surface area contributed by atoms with E-state index in [9.17, 15) is 36.2 Å². The quantitative estimate of drug-likeness (QED) is 0.401. The number of carbonyl (C=O) groups excluding carboxylic acids is 1. The number of aromatic hydroxyl groups is 1. The lowest BCUT2D eigenvalue weighted by Crippen LogP contribution is -2.31. The Bertz CT molecular complexity index is 1220. The Hall–Kier alpha value is -3.21. The zero-order valence-electron chi connectivity index (χ0n) is 17.8. The molecule has 34 heavy (non-hydrogen) atoms. The number of hydrogen-bond donors (Lipinski definition) is 1. The van der Waals surface area contributed by atoms with Crippen molar-refractivity contribution >= 4 is 23.2 Å². The van der Waals surface area contributed by atoms with E-state index in [-0.39, 0.29) is 29.1 Å². The van der Waals surface area contributed by atoms with Crippen LogP contribution in [0.15, 0.2) is 42.5 Å². The van der Waals surface area contributed by atoms with Crippen molar-refractivity contribution in [2.75, 3.05) is 11.4 Å². The molecule has 0 aliphatic rings. The van der Waals surface area contributed by atoms with Gasteiger partial charge in [0.25, 0.3) is 5.91 Å². The number of rotatable bonds is 5. The standard InChI is InChI=1S/C22H18ClF6N3O2/c1-3-8-32(20(34)12-4-7-15(16(23)9-12)21(24,25)26)13-5-6-14(18(33)10-13)17-11-19(22(27,28)29)30-31(17)2/h4-7,9-11,33H,3,8H2,1-2H3. The fraction of sp³-hybridized carbons (Fsp3) is 0.273. The number of nitrogens with zero attached hydrogens (tertiary/aromatic N) is 3. The second kappa shape index (κ2) is 9.21. The molecule has 12 heteroatoms. The molecule has 0 unspecified atom stereocenters. The van der Waals surface area contributed by atoms with Crippen molar-refractivity contribution in [3.63, 3.8) is 0 Å². The Kier molecular flexibility index (Phi) is 6.88. The number of phenolic OH excluding ortho intramolecular Hbond substituents is 1. The first-order chi connectivity index (χ1) is 15.7. The summed E-state index contributed by atoms with van der Waals surface area (Å²) >= 11 is 5.73. The summed E-state index contributed by atoms with van der Waals surface area (Å²) in [6, 6.07) is 7.34. The fourth-order valence-corrected chi connectivity index (χ4v) is 3.66. The Balaban J connectivity index is 1.97. The number of phenols is 1. The largest absolute Gasteiger partial charge is 0.507 e. The van der Waals surface area contributed by atoms with E-state index in [4.69, 9.17) is 11.6 Å². The molecule has 0 aliphatic carbocycles. The van der Waals surface area contributed by atoms with Gasteiger partial charge in [-0.15, -0.1) is 0 Å². The van der Waals surface area contributed by atoms with Crippen LogP contribution in [-0.2, 0) is 19.4 Å². The SMILES string of the molecule is CCCN(C(=O)c1ccc(C(F)(F)F)c(Cl)c1)c1ccc(-c2cc(C(F)(F)F)nn2C)c(O)c1. The van der Waals surface area contributed by atoms with E-state index in [1.165, 1.54) is 30.1 Å². The molecule has 0 spiro atoms. The average molecular weight is 506 g/mol. The predicted octanol–water partition coefficient (Wildman–Crippen LogP) is 6.54. The molecular formula is C22H18ClF6N3O2. The number of carbonyl (C=O) groups is 1. The van der Waals surface area contributed by atoms with E-state index in [1.54, 1.807) is 6.92 Å². The number of hydrogen-bond acceptors (Lipinski definition) is 3. The first-order valence-corrected chi connectivity index (χ1v) is 10.2. The molecule has 1 aromatic heterocycles. The van der Waals surface area contributed by atoms with Gasteiger partial charge in [-0.3, -0.25) is 9.48 Å². The molecule has 0 radical (unpaired) electrons. The molecule has 1 amide bonds. The molecule has 0 saturated carbocycles. The molecule has 5 nitrogen and oxygen atoms in total. The maximum Gasteiger partial charge on any atom is 0.435 e. The maximum atomic E-state index is 13.0. The number of anilines is 1. The molecule has 1 heterocycles. The minimum atomic E-state index is -4.68. The van der Waals surface area contributed by atoms with Gasteiger partial charge >= 0.3 is 12.4 Å². The van der Waals surface area contributed by atoms with Gasteiger partial charge in [0.1, 0.15) is 5.75 Å². The van der Waals surface area contributed by atoms with Gasteiger partial charge in [-0.2, -0.15) is 31.4 Å². The Morgan fingerprint density at radius 2 is 1.74 bits per heavy atom. The minimum absolute atomic E-state index is 0.000681. The summed E-state index contributed by atoms with van der Waals surface area (Å²) in [7, 11) is 1.29. The van der Waals surface area contributed by atoms with Gasteiger partial charge in [0.2, 0.25) is 0 Å². The Labute approximate surface area is 195 Å². The van der Waals surface area contributed by atoms with Crippen LogP contribution in [0.4, 0.5) is 32.0 Å². The van der Waals surface area contributed by atoms with Crippen LogP contribution in [0.5, 0.6) is 5.75 Å². The van der Waals surface area contributed by atoms with E-state index in [0.29, 0.717) is 12.5 Å². The second-order valence-electron chi connectivity index (χ2n) is 7.39. The van der Waals surface area contributed by atoms with E-state index >= 15 is 0 Å². The predicted molar refractivity (Wildman–Crippen MR) is 114 cm³/mol. The lowest BCUT2D eigenvalue weighted by Gasteiger charge is -2.23. The lowest BCUT2D eigenvalue weighted by molar-refractivity contribution is -0.141. The third kappa shape index (κ3) is 5.14. The van der Waals surface area contributed by atoms with Crippen LogP contribution in [0, 0.1) is 0 Å². The third-order valence-electron chi connectivity index (χ3n) is 4.95. The highest BCUT2D eigenvalue weighted by atomic mass is 35.5. The minimum Gasteiger partial charge on any atom is -0.507 e. The molecule has 0 fully saturated rings. The van der Waals surface area contributed by atoms with Gasteiger partial charge in [-0.1, -0.05) is 18.5 Å². The molecule has 3 aromatic rings. The number of alkyl halides is 6. The summed E-state index contributed by atoms with van der Waals surface area (Å²) in [5, 5.41) is 13.3. The monoisotopic (exact) mass is 505 g/mol. The highest BCUT2D eigenvalue weighted by Crippen LogP contribution is 2.38. The van der Waals surface area contributed by atoms with Crippen molar-refractivity contribution in [2.45, 2.75) is 25.7 Å². The molecule has 3 rings (SSSR count). The van der Waals surface area contributed by atoms with Gasteiger partial charge in [0, 0.05) is 36.5 Å². The topological polar surface area (TPSA) is 58.4 Å². The molecule has 1 N–H and O–H groups in total. The van der Waals surface area contributed by atoms with Gasteiger partial charge in [-0.25, -0.2) is 0 Å². The van der Waals surface area contributed by atoms with E-state index in [0.717, 1.165) is 22.9 Å². The fourth-order valence-electron chi connectivity index (χ4n) is 3.37. The Morgan fingerprint density at radius 1 is 1.06 bits per heavy atom. The van der Waals surface area contributed by atoms with Crippen molar-refractivity contribution in [3.8, 4) is 17.0 Å². The number of aromatic nitrogens is 2. The van der Waals surface area contributed by atoms with Crippen LogP contribution in [-0.4, -0.2) is 27.3 Å². The molecule has 0 aliphatic heterocycles. The second-order valence-corrected chi connectivity index (χ2v) is 7.79. The molecule has 182 valence electrons. The summed E-state index contributed by atoms with van der Waals surface area (Å²) in [5.74, 6) is -1.07. The van der Waals surface area contributed by atoms with Crippen molar-refractivity contribution in [1.29, 1.82) is 0 Å². The number of aryl methyl sites for hydroxylation is 1.